The highest BCUT2D eigenvalue weighted by Crippen LogP contribution is 2.31. The van der Waals surface area contributed by atoms with Crippen molar-refractivity contribution in [3.63, 3.8) is 0 Å². The minimum atomic E-state index is 0.678. The van der Waals surface area contributed by atoms with Gasteiger partial charge in [0.05, 0.1) is 12.6 Å². The van der Waals surface area contributed by atoms with Crippen LogP contribution in [0.5, 0.6) is 5.75 Å². The molecule has 3 heteroatoms. The number of rotatable bonds is 3. The monoisotopic (exact) mass is 218 g/mol. The van der Waals surface area contributed by atoms with E-state index in [4.69, 9.17) is 10.5 Å². The molecule has 16 heavy (non-hydrogen) atoms. The number of para-hydroxylation sites is 1. The molecule has 0 aliphatic rings. The van der Waals surface area contributed by atoms with Gasteiger partial charge in [-0.3, -0.25) is 0 Å². The number of ether oxygens (including phenoxy) is 1. The van der Waals surface area contributed by atoms with E-state index in [1.165, 1.54) is 16.6 Å². The average Bonchev–Trinajstić information content (AvgIpc) is 2.55. The van der Waals surface area contributed by atoms with Crippen molar-refractivity contribution in [1.82, 2.24) is 4.57 Å². The summed E-state index contributed by atoms with van der Waals surface area (Å²) < 4.78 is 7.58. The van der Waals surface area contributed by atoms with E-state index in [2.05, 4.69) is 24.6 Å². The van der Waals surface area contributed by atoms with Crippen LogP contribution in [0.25, 0.3) is 10.9 Å². The lowest BCUT2D eigenvalue weighted by Crippen LogP contribution is -2.03. The minimum Gasteiger partial charge on any atom is -0.495 e. The van der Waals surface area contributed by atoms with Gasteiger partial charge in [-0.1, -0.05) is 12.1 Å². The molecular formula is C13H18N2O. The molecule has 0 radical (unpaired) electrons. The van der Waals surface area contributed by atoms with Gasteiger partial charge in [0, 0.05) is 18.1 Å². The molecule has 0 spiro atoms. The fourth-order valence-corrected chi connectivity index (χ4v) is 2.30. The molecule has 2 N–H and O–H groups in total. The van der Waals surface area contributed by atoms with Gasteiger partial charge < -0.3 is 15.0 Å². The second kappa shape index (κ2) is 4.18. The first-order valence-electron chi connectivity index (χ1n) is 5.51. The lowest BCUT2D eigenvalue weighted by atomic mass is 10.1. The standard InChI is InChI=1S/C13H18N2O/c1-9-10(7-8-14)11-5-4-6-12(16-3)13(11)15(9)2/h4-6H,7-8,14H2,1-3H3. The largest absolute Gasteiger partial charge is 0.495 e. The Kier molecular flexibility index (Phi) is 2.88. The van der Waals surface area contributed by atoms with Gasteiger partial charge in [-0.15, -0.1) is 0 Å². The van der Waals surface area contributed by atoms with Gasteiger partial charge in [-0.25, -0.2) is 0 Å². The number of nitrogens with zero attached hydrogens (tertiary/aromatic N) is 1. The van der Waals surface area contributed by atoms with Crippen molar-refractivity contribution >= 4 is 10.9 Å². The summed E-state index contributed by atoms with van der Waals surface area (Å²) in [6.07, 6.45) is 0.913. The van der Waals surface area contributed by atoms with Crippen LogP contribution in [-0.2, 0) is 13.5 Å². The summed E-state index contributed by atoms with van der Waals surface area (Å²) in [5.41, 5.74) is 9.42. The molecule has 0 saturated carbocycles. The molecule has 1 aromatic carbocycles. The van der Waals surface area contributed by atoms with Crippen LogP contribution in [0.2, 0.25) is 0 Å². The third kappa shape index (κ3) is 1.48. The minimum absolute atomic E-state index is 0.678. The van der Waals surface area contributed by atoms with Crippen molar-refractivity contribution in [3.8, 4) is 5.75 Å². The normalized spacial score (nSPS) is 11.0. The summed E-state index contributed by atoms with van der Waals surface area (Å²) in [7, 11) is 3.78. The van der Waals surface area contributed by atoms with E-state index in [0.717, 1.165) is 17.7 Å². The van der Waals surface area contributed by atoms with E-state index in [-0.39, 0.29) is 0 Å². The van der Waals surface area contributed by atoms with Crippen LogP contribution in [0.3, 0.4) is 0 Å². The molecule has 0 unspecified atom stereocenters. The second-order valence-corrected chi connectivity index (χ2v) is 4.02. The summed E-state index contributed by atoms with van der Waals surface area (Å²) in [4.78, 5) is 0. The zero-order valence-corrected chi connectivity index (χ0v) is 10.1. The number of aryl methyl sites for hydroxylation is 1. The molecule has 1 aromatic heterocycles. The summed E-state index contributed by atoms with van der Waals surface area (Å²) in [5, 5.41) is 1.25. The van der Waals surface area contributed by atoms with E-state index >= 15 is 0 Å². The van der Waals surface area contributed by atoms with Crippen LogP contribution in [0.1, 0.15) is 11.3 Å². The molecule has 0 fully saturated rings. The zero-order valence-electron chi connectivity index (χ0n) is 10.1. The number of hydrogen-bond donors (Lipinski definition) is 1. The van der Waals surface area contributed by atoms with Crippen molar-refractivity contribution in [1.29, 1.82) is 0 Å². The topological polar surface area (TPSA) is 40.2 Å². The van der Waals surface area contributed by atoms with Crippen LogP contribution in [0.15, 0.2) is 18.2 Å². The van der Waals surface area contributed by atoms with Gasteiger partial charge in [0.1, 0.15) is 5.75 Å². The highest BCUT2D eigenvalue weighted by molar-refractivity contribution is 5.90. The Hall–Kier alpha value is -1.48. The van der Waals surface area contributed by atoms with Gasteiger partial charge in [-0.05, 0) is 31.5 Å². The Morgan fingerprint density at radius 2 is 2.12 bits per heavy atom. The maximum absolute atomic E-state index is 5.66. The maximum Gasteiger partial charge on any atom is 0.143 e. The summed E-state index contributed by atoms with van der Waals surface area (Å²) >= 11 is 0. The average molecular weight is 218 g/mol. The fraction of sp³-hybridized carbons (Fsp3) is 0.385. The van der Waals surface area contributed by atoms with Crippen LogP contribution in [0, 0.1) is 6.92 Å². The fourth-order valence-electron chi connectivity index (χ4n) is 2.30. The maximum atomic E-state index is 5.66. The SMILES string of the molecule is COc1cccc2c(CCN)c(C)n(C)c12. The third-order valence-electron chi connectivity index (χ3n) is 3.21. The predicted octanol–water partition coefficient (Wildman–Crippen LogP) is 2.00. The van der Waals surface area contributed by atoms with E-state index < -0.39 is 0 Å². The number of fused-ring (bicyclic) bond motifs is 1. The van der Waals surface area contributed by atoms with Gasteiger partial charge in [0.25, 0.3) is 0 Å². The van der Waals surface area contributed by atoms with Crippen LogP contribution < -0.4 is 10.5 Å². The lowest BCUT2D eigenvalue weighted by molar-refractivity contribution is 0.418. The van der Waals surface area contributed by atoms with Crippen molar-refractivity contribution < 1.29 is 4.74 Å². The molecule has 0 bridgehead atoms. The molecule has 0 saturated heterocycles. The molecule has 86 valence electrons. The molecule has 2 aromatic rings. The van der Waals surface area contributed by atoms with Gasteiger partial charge in [-0.2, -0.15) is 0 Å². The Morgan fingerprint density at radius 3 is 2.75 bits per heavy atom. The second-order valence-electron chi connectivity index (χ2n) is 4.02. The molecule has 1 heterocycles. The molecule has 0 aliphatic carbocycles. The first kappa shape index (κ1) is 11.0. The van der Waals surface area contributed by atoms with Crippen molar-refractivity contribution in [2.24, 2.45) is 12.8 Å². The first-order valence-corrected chi connectivity index (χ1v) is 5.51. The Balaban J connectivity index is 2.78. The Morgan fingerprint density at radius 1 is 1.38 bits per heavy atom. The molecular weight excluding hydrogens is 200 g/mol. The molecule has 2 rings (SSSR count). The smallest absolute Gasteiger partial charge is 0.143 e. The highest BCUT2D eigenvalue weighted by Gasteiger charge is 2.13. The molecule has 0 aliphatic heterocycles. The number of hydrogen-bond acceptors (Lipinski definition) is 2. The number of nitrogens with two attached hydrogens (primary N) is 1. The number of methoxy groups -OCH3 is 1. The van der Waals surface area contributed by atoms with E-state index in [9.17, 15) is 0 Å². The Bertz CT molecular complexity index is 514. The zero-order chi connectivity index (χ0) is 11.7. The van der Waals surface area contributed by atoms with Crippen molar-refractivity contribution in [2.75, 3.05) is 13.7 Å². The summed E-state index contributed by atoms with van der Waals surface area (Å²) in [6.45, 7) is 2.81. The number of benzene rings is 1. The van der Waals surface area contributed by atoms with Crippen molar-refractivity contribution in [3.05, 3.63) is 29.5 Å². The quantitative estimate of drug-likeness (QED) is 0.856. The lowest BCUT2D eigenvalue weighted by Gasteiger charge is -2.04. The van der Waals surface area contributed by atoms with E-state index in [0.29, 0.717) is 6.54 Å². The van der Waals surface area contributed by atoms with Gasteiger partial charge in [0.15, 0.2) is 0 Å². The summed E-state index contributed by atoms with van der Waals surface area (Å²) in [6, 6.07) is 6.16. The van der Waals surface area contributed by atoms with E-state index in [1.54, 1.807) is 7.11 Å². The molecule has 0 atom stereocenters. The van der Waals surface area contributed by atoms with Gasteiger partial charge in [0.2, 0.25) is 0 Å². The van der Waals surface area contributed by atoms with E-state index in [1.807, 2.05) is 12.1 Å². The van der Waals surface area contributed by atoms with Crippen LogP contribution in [0.4, 0.5) is 0 Å². The van der Waals surface area contributed by atoms with Crippen LogP contribution in [-0.4, -0.2) is 18.2 Å². The number of aromatic nitrogens is 1. The van der Waals surface area contributed by atoms with Crippen LogP contribution >= 0.6 is 0 Å². The molecule has 0 amide bonds. The molecule has 3 nitrogen and oxygen atoms in total. The van der Waals surface area contributed by atoms with Crippen molar-refractivity contribution in [2.45, 2.75) is 13.3 Å². The third-order valence-corrected chi connectivity index (χ3v) is 3.21. The first-order chi connectivity index (χ1) is 7.70. The predicted molar refractivity (Wildman–Crippen MR) is 67.0 cm³/mol. The Labute approximate surface area is 95.8 Å². The highest BCUT2D eigenvalue weighted by atomic mass is 16.5. The van der Waals surface area contributed by atoms with Gasteiger partial charge >= 0.3 is 0 Å². The summed E-state index contributed by atoms with van der Waals surface area (Å²) in [5.74, 6) is 0.923.